The monoisotopic (exact) mass is 280 g/mol. The second-order valence-corrected chi connectivity index (χ2v) is 5.47. The van der Waals surface area contributed by atoms with Gasteiger partial charge < -0.3 is 9.88 Å². The fraction of sp³-hybridized carbons (Fsp3) is 0.250. The minimum absolute atomic E-state index is 0.640. The maximum absolute atomic E-state index is 11.1. The molecule has 21 heavy (non-hydrogen) atoms. The first-order valence-electron chi connectivity index (χ1n) is 7.08. The summed E-state index contributed by atoms with van der Waals surface area (Å²) >= 11 is 0. The number of nitrogens with zero attached hydrogens (tertiary/aromatic N) is 3. The lowest BCUT2D eigenvalue weighted by Crippen LogP contribution is -2.29. The number of hydrogen-bond donors (Lipinski definition) is 1. The number of hydrogen-bond acceptors (Lipinski definition) is 2. The molecule has 0 radical (unpaired) electrons. The standard InChI is InChI=1S/C16H16N4O/c1-19-15-6-7-20(10-21)9-13(15)16(18-19)12-8-17-14-5-3-2-4-11(12)14/h2-5,8,10,17H,6-7,9H2,1H3. The third kappa shape index (κ3) is 1.77. The molecule has 1 aromatic carbocycles. The van der Waals surface area contributed by atoms with E-state index in [1.54, 1.807) is 0 Å². The quantitative estimate of drug-likeness (QED) is 0.731. The van der Waals surface area contributed by atoms with Gasteiger partial charge in [0.2, 0.25) is 6.41 Å². The Hall–Kier alpha value is -2.56. The molecule has 0 aliphatic carbocycles. The van der Waals surface area contributed by atoms with Gasteiger partial charge in [0.15, 0.2) is 0 Å². The van der Waals surface area contributed by atoms with Crippen molar-refractivity contribution in [1.82, 2.24) is 19.7 Å². The van der Waals surface area contributed by atoms with Crippen LogP contribution in [-0.4, -0.2) is 32.6 Å². The first-order chi connectivity index (χ1) is 10.3. The molecule has 0 saturated heterocycles. The molecular formula is C16H16N4O. The van der Waals surface area contributed by atoms with Crippen LogP contribution in [0.2, 0.25) is 0 Å². The molecule has 106 valence electrons. The van der Waals surface area contributed by atoms with E-state index in [4.69, 9.17) is 5.10 Å². The number of aromatic nitrogens is 3. The van der Waals surface area contributed by atoms with E-state index in [0.29, 0.717) is 6.54 Å². The van der Waals surface area contributed by atoms with Crippen molar-refractivity contribution in [2.24, 2.45) is 7.05 Å². The highest BCUT2D eigenvalue weighted by Gasteiger charge is 2.24. The molecule has 4 rings (SSSR count). The molecule has 1 amide bonds. The number of carbonyl (C=O) groups is 1. The van der Waals surface area contributed by atoms with E-state index in [2.05, 4.69) is 17.1 Å². The molecule has 3 heterocycles. The number of H-pyrrole nitrogens is 1. The fourth-order valence-corrected chi connectivity index (χ4v) is 3.19. The summed E-state index contributed by atoms with van der Waals surface area (Å²) in [6.45, 7) is 1.41. The van der Waals surface area contributed by atoms with Crippen molar-refractivity contribution in [3.05, 3.63) is 41.7 Å². The van der Waals surface area contributed by atoms with Gasteiger partial charge in [0.05, 0.1) is 5.69 Å². The van der Waals surface area contributed by atoms with Gasteiger partial charge in [-0.15, -0.1) is 0 Å². The minimum Gasteiger partial charge on any atom is -0.360 e. The van der Waals surface area contributed by atoms with Gasteiger partial charge in [-0.1, -0.05) is 18.2 Å². The molecule has 5 heteroatoms. The van der Waals surface area contributed by atoms with Crippen molar-refractivity contribution in [2.75, 3.05) is 6.54 Å². The van der Waals surface area contributed by atoms with E-state index >= 15 is 0 Å². The first-order valence-corrected chi connectivity index (χ1v) is 7.08. The number of rotatable bonds is 2. The van der Waals surface area contributed by atoms with Crippen LogP contribution < -0.4 is 0 Å². The zero-order valence-electron chi connectivity index (χ0n) is 11.8. The van der Waals surface area contributed by atoms with Crippen LogP contribution >= 0.6 is 0 Å². The van der Waals surface area contributed by atoms with Crippen molar-refractivity contribution in [3.63, 3.8) is 0 Å². The minimum atomic E-state index is 0.640. The van der Waals surface area contributed by atoms with E-state index in [9.17, 15) is 4.79 Å². The number of carbonyl (C=O) groups excluding carboxylic acids is 1. The van der Waals surface area contributed by atoms with E-state index in [0.717, 1.165) is 36.1 Å². The summed E-state index contributed by atoms with van der Waals surface area (Å²) in [6, 6.07) is 8.21. The predicted molar refractivity (Wildman–Crippen MR) is 80.7 cm³/mol. The lowest BCUT2D eigenvalue weighted by molar-refractivity contribution is -0.118. The second kappa shape index (κ2) is 4.48. The number of para-hydroxylation sites is 1. The molecule has 5 nitrogen and oxygen atoms in total. The van der Waals surface area contributed by atoms with Crippen molar-refractivity contribution < 1.29 is 4.79 Å². The number of aromatic amines is 1. The molecule has 0 unspecified atom stereocenters. The van der Waals surface area contributed by atoms with E-state index in [1.165, 1.54) is 16.6 Å². The molecule has 0 spiro atoms. The number of fused-ring (bicyclic) bond motifs is 2. The van der Waals surface area contributed by atoms with Gasteiger partial charge in [0, 0.05) is 60.5 Å². The highest BCUT2D eigenvalue weighted by Crippen LogP contribution is 2.33. The average molecular weight is 280 g/mol. The average Bonchev–Trinajstić information content (AvgIpc) is 3.08. The number of amides is 1. The molecule has 0 bridgehead atoms. The van der Waals surface area contributed by atoms with Gasteiger partial charge in [0.1, 0.15) is 0 Å². The zero-order valence-corrected chi connectivity index (χ0v) is 11.8. The maximum atomic E-state index is 11.1. The van der Waals surface area contributed by atoms with Gasteiger partial charge in [-0.05, 0) is 6.07 Å². The van der Waals surface area contributed by atoms with Gasteiger partial charge in [-0.2, -0.15) is 5.10 Å². The molecule has 0 atom stereocenters. The van der Waals surface area contributed by atoms with Crippen LogP contribution in [0.3, 0.4) is 0 Å². The number of nitrogens with one attached hydrogen (secondary N) is 1. The van der Waals surface area contributed by atoms with Gasteiger partial charge in [-0.3, -0.25) is 9.48 Å². The van der Waals surface area contributed by atoms with Gasteiger partial charge >= 0.3 is 0 Å². The summed E-state index contributed by atoms with van der Waals surface area (Å²) in [5.74, 6) is 0. The van der Waals surface area contributed by atoms with Crippen molar-refractivity contribution in [3.8, 4) is 11.3 Å². The Labute approximate surface area is 122 Å². The molecule has 1 aliphatic rings. The zero-order chi connectivity index (χ0) is 14.4. The van der Waals surface area contributed by atoms with Crippen LogP contribution in [0.1, 0.15) is 11.3 Å². The fourth-order valence-electron chi connectivity index (χ4n) is 3.19. The molecular weight excluding hydrogens is 264 g/mol. The largest absolute Gasteiger partial charge is 0.360 e. The summed E-state index contributed by atoms with van der Waals surface area (Å²) in [5.41, 5.74) is 5.59. The van der Waals surface area contributed by atoms with Crippen molar-refractivity contribution in [1.29, 1.82) is 0 Å². The SMILES string of the molecule is Cn1nc(-c2c[nH]c3ccccc23)c2c1CCN(C=O)C2. The van der Waals surface area contributed by atoms with Crippen LogP contribution in [-0.2, 0) is 24.8 Å². The van der Waals surface area contributed by atoms with Gasteiger partial charge in [-0.25, -0.2) is 0 Å². The second-order valence-electron chi connectivity index (χ2n) is 5.47. The predicted octanol–water partition coefficient (Wildman–Crippen LogP) is 2.08. The Morgan fingerprint density at radius 3 is 3.05 bits per heavy atom. The van der Waals surface area contributed by atoms with Crippen LogP contribution in [0.5, 0.6) is 0 Å². The van der Waals surface area contributed by atoms with Gasteiger partial charge in [0.25, 0.3) is 0 Å². The number of aryl methyl sites for hydroxylation is 1. The molecule has 1 aliphatic heterocycles. The summed E-state index contributed by atoms with van der Waals surface area (Å²) in [5, 5.41) is 5.88. The first kappa shape index (κ1) is 12.2. The molecule has 0 saturated carbocycles. The van der Waals surface area contributed by atoms with E-state index < -0.39 is 0 Å². The smallest absolute Gasteiger partial charge is 0.210 e. The van der Waals surface area contributed by atoms with Crippen LogP contribution in [0, 0.1) is 0 Å². The third-order valence-corrected chi connectivity index (χ3v) is 4.27. The normalized spacial score (nSPS) is 14.4. The third-order valence-electron chi connectivity index (χ3n) is 4.27. The van der Waals surface area contributed by atoms with Crippen molar-refractivity contribution in [2.45, 2.75) is 13.0 Å². The Balaban J connectivity index is 1.92. The molecule has 2 aromatic heterocycles. The molecule has 3 aromatic rings. The van der Waals surface area contributed by atoms with Crippen LogP contribution in [0.15, 0.2) is 30.5 Å². The Morgan fingerprint density at radius 2 is 2.19 bits per heavy atom. The van der Waals surface area contributed by atoms with E-state index in [1.807, 2.05) is 35.0 Å². The lowest BCUT2D eigenvalue weighted by atomic mass is 10.0. The summed E-state index contributed by atoms with van der Waals surface area (Å²) < 4.78 is 1.95. The Morgan fingerprint density at radius 1 is 1.33 bits per heavy atom. The Kier molecular flexibility index (Phi) is 2.60. The number of benzene rings is 1. The highest BCUT2D eigenvalue weighted by molar-refractivity contribution is 5.95. The summed E-state index contributed by atoms with van der Waals surface area (Å²) in [7, 11) is 1.98. The van der Waals surface area contributed by atoms with Crippen LogP contribution in [0.25, 0.3) is 22.2 Å². The maximum Gasteiger partial charge on any atom is 0.210 e. The van der Waals surface area contributed by atoms with Crippen LogP contribution in [0.4, 0.5) is 0 Å². The highest BCUT2D eigenvalue weighted by atomic mass is 16.1. The summed E-state index contributed by atoms with van der Waals surface area (Å²) in [4.78, 5) is 16.2. The lowest BCUT2D eigenvalue weighted by Gasteiger charge is -2.23. The summed E-state index contributed by atoms with van der Waals surface area (Å²) in [6.07, 6.45) is 3.79. The van der Waals surface area contributed by atoms with E-state index in [-0.39, 0.29) is 0 Å². The molecule has 1 N–H and O–H groups in total. The van der Waals surface area contributed by atoms with Crippen molar-refractivity contribution >= 4 is 17.3 Å². The molecule has 0 fully saturated rings. The Bertz CT molecular complexity index is 830. The topological polar surface area (TPSA) is 53.9 Å².